The smallest absolute Gasteiger partial charge is 0.233 e. The van der Waals surface area contributed by atoms with Crippen LogP contribution in [0.4, 0.5) is 5.69 Å². The van der Waals surface area contributed by atoms with Gasteiger partial charge in [-0.05, 0) is 36.6 Å². The molecular weight excluding hydrogens is 468 g/mol. The summed E-state index contributed by atoms with van der Waals surface area (Å²) < 4.78 is 25.6. The summed E-state index contributed by atoms with van der Waals surface area (Å²) in [6.45, 7) is 3.65. The minimum Gasteiger partial charge on any atom is -0.392 e. The van der Waals surface area contributed by atoms with Crippen molar-refractivity contribution in [3.63, 3.8) is 0 Å². The Labute approximate surface area is 207 Å². The van der Waals surface area contributed by atoms with Crippen LogP contribution < -0.4 is 10.0 Å². The highest BCUT2D eigenvalue weighted by atomic mass is 32.2. The van der Waals surface area contributed by atoms with Crippen LogP contribution in [0.1, 0.15) is 36.9 Å². The molecule has 190 valence electrons. The summed E-state index contributed by atoms with van der Waals surface area (Å²) in [6.07, 6.45) is 0.0576. The number of anilines is 1. The summed E-state index contributed by atoms with van der Waals surface area (Å²) in [5.74, 6) is -0.722. The van der Waals surface area contributed by atoms with E-state index in [4.69, 9.17) is 0 Å². The maximum Gasteiger partial charge on any atom is 0.233 e. The van der Waals surface area contributed by atoms with E-state index in [1.54, 1.807) is 43.1 Å². The average molecular weight is 503 g/mol. The number of likely N-dealkylation sites (N-methyl/N-ethyl adjacent to an activating group) is 1. The molecule has 0 radical (unpaired) electrons. The normalized spacial score (nSPS) is 17.2. The monoisotopic (exact) mass is 502 g/mol. The Balaban J connectivity index is 1.58. The lowest BCUT2D eigenvalue weighted by Crippen LogP contribution is -2.40. The first-order valence-electron chi connectivity index (χ1n) is 11.7. The number of hydrogen-bond donors (Lipinski definition) is 3. The van der Waals surface area contributed by atoms with Crippen LogP contribution in [-0.4, -0.2) is 73.7 Å². The van der Waals surface area contributed by atoms with E-state index in [2.05, 4.69) is 14.9 Å². The minimum absolute atomic E-state index is 0.00866. The molecule has 1 aliphatic rings. The molecule has 1 aliphatic heterocycles. The highest BCUT2D eigenvalue weighted by molar-refractivity contribution is 7.89. The fourth-order valence-electron chi connectivity index (χ4n) is 3.99. The molecule has 0 bridgehead atoms. The first kappa shape index (κ1) is 26.8. The van der Waals surface area contributed by atoms with Gasteiger partial charge in [0.1, 0.15) is 6.42 Å². The standard InChI is InChI=1S/C25H34N4O5S/c1-3-35(33,34)26-16-19-9-11-21(12-10-19)27-24(31)15-25(32)28(2)23(20-7-5-4-6-8-20)18-29-14-13-22(30)17-29/h4-12,22-23,26,30H,3,13-18H2,1-2H3,(H,27,31)/t22?,23-/m1/s1. The molecule has 1 fully saturated rings. The molecule has 2 atom stereocenters. The lowest BCUT2D eigenvalue weighted by Gasteiger charge is -2.32. The van der Waals surface area contributed by atoms with Crippen LogP contribution in [-0.2, 0) is 26.2 Å². The number of benzene rings is 2. The van der Waals surface area contributed by atoms with E-state index in [-0.39, 0.29) is 36.8 Å². The van der Waals surface area contributed by atoms with E-state index in [9.17, 15) is 23.1 Å². The Bertz CT molecular complexity index is 1090. The van der Waals surface area contributed by atoms with Gasteiger partial charge in [0.05, 0.1) is 17.9 Å². The Morgan fingerprint density at radius 1 is 1.14 bits per heavy atom. The number of nitrogens with zero attached hydrogens (tertiary/aromatic N) is 2. The minimum atomic E-state index is -3.28. The van der Waals surface area contributed by atoms with Crippen molar-refractivity contribution in [3.05, 3.63) is 65.7 Å². The summed E-state index contributed by atoms with van der Waals surface area (Å²) in [4.78, 5) is 29.3. The van der Waals surface area contributed by atoms with E-state index < -0.39 is 15.9 Å². The van der Waals surface area contributed by atoms with Gasteiger partial charge in [-0.2, -0.15) is 0 Å². The highest BCUT2D eigenvalue weighted by Crippen LogP contribution is 2.24. The molecule has 2 aromatic rings. The zero-order valence-corrected chi connectivity index (χ0v) is 21.0. The third kappa shape index (κ3) is 8.14. The molecule has 0 aromatic heterocycles. The van der Waals surface area contributed by atoms with Gasteiger partial charge in [0.15, 0.2) is 0 Å². The molecule has 9 nitrogen and oxygen atoms in total. The molecule has 1 unspecified atom stereocenters. The first-order valence-corrected chi connectivity index (χ1v) is 13.4. The highest BCUT2D eigenvalue weighted by Gasteiger charge is 2.28. The van der Waals surface area contributed by atoms with Gasteiger partial charge in [-0.15, -0.1) is 0 Å². The number of amides is 2. The SMILES string of the molecule is CCS(=O)(=O)NCc1ccc(NC(=O)CC(=O)N(C)[C@H](CN2CCC(O)C2)c2ccccc2)cc1. The van der Waals surface area contributed by atoms with Gasteiger partial charge in [-0.1, -0.05) is 42.5 Å². The van der Waals surface area contributed by atoms with Gasteiger partial charge in [0, 0.05) is 38.9 Å². The van der Waals surface area contributed by atoms with E-state index in [0.29, 0.717) is 25.2 Å². The summed E-state index contributed by atoms with van der Waals surface area (Å²) in [6, 6.07) is 16.2. The van der Waals surface area contributed by atoms with Gasteiger partial charge >= 0.3 is 0 Å². The number of carbonyl (C=O) groups is 2. The van der Waals surface area contributed by atoms with Crippen molar-refractivity contribution in [2.24, 2.45) is 0 Å². The summed E-state index contributed by atoms with van der Waals surface area (Å²) in [7, 11) is -1.58. The molecule has 0 saturated carbocycles. The second-order valence-corrected chi connectivity index (χ2v) is 10.9. The van der Waals surface area contributed by atoms with E-state index >= 15 is 0 Å². The number of rotatable bonds is 11. The van der Waals surface area contributed by atoms with Crippen LogP contribution in [0.15, 0.2) is 54.6 Å². The largest absolute Gasteiger partial charge is 0.392 e. The maximum atomic E-state index is 13.0. The van der Waals surface area contributed by atoms with Crippen LogP contribution in [0, 0.1) is 0 Å². The molecule has 3 N–H and O–H groups in total. The van der Waals surface area contributed by atoms with Crippen LogP contribution in [0.3, 0.4) is 0 Å². The summed E-state index contributed by atoms with van der Waals surface area (Å²) >= 11 is 0. The molecular formula is C25H34N4O5S. The molecule has 1 heterocycles. The van der Waals surface area contributed by atoms with Crippen LogP contribution in [0.25, 0.3) is 0 Å². The number of carbonyl (C=O) groups excluding carboxylic acids is 2. The average Bonchev–Trinajstić information content (AvgIpc) is 3.26. The van der Waals surface area contributed by atoms with Crippen molar-refractivity contribution >= 4 is 27.5 Å². The van der Waals surface area contributed by atoms with Crippen LogP contribution in [0.5, 0.6) is 0 Å². The third-order valence-electron chi connectivity index (χ3n) is 6.15. The quantitative estimate of drug-likeness (QED) is 0.403. The van der Waals surface area contributed by atoms with Crippen LogP contribution >= 0.6 is 0 Å². The fraction of sp³-hybridized carbons (Fsp3) is 0.440. The van der Waals surface area contributed by atoms with E-state index in [1.165, 1.54) is 0 Å². The third-order valence-corrected chi connectivity index (χ3v) is 7.49. The lowest BCUT2D eigenvalue weighted by molar-refractivity contribution is -0.135. The van der Waals surface area contributed by atoms with Crippen molar-refractivity contribution in [2.45, 2.75) is 38.5 Å². The maximum absolute atomic E-state index is 13.0. The fourth-order valence-corrected chi connectivity index (χ4v) is 4.58. The number of aliphatic hydroxyl groups excluding tert-OH is 1. The summed E-state index contributed by atoms with van der Waals surface area (Å²) in [5.41, 5.74) is 2.26. The second kappa shape index (κ2) is 12.3. The molecule has 3 rings (SSSR count). The van der Waals surface area contributed by atoms with Gasteiger partial charge in [0.2, 0.25) is 21.8 Å². The Kier molecular flexibility index (Phi) is 9.39. The van der Waals surface area contributed by atoms with Crippen LogP contribution in [0.2, 0.25) is 0 Å². The number of aliphatic hydroxyl groups is 1. The molecule has 0 aliphatic carbocycles. The zero-order valence-electron chi connectivity index (χ0n) is 20.2. The predicted octanol–water partition coefficient (Wildman–Crippen LogP) is 1.72. The van der Waals surface area contributed by atoms with Crippen molar-refractivity contribution in [1.82, 2.24) is 14.5 Å². The Morgan fingerprint density at radius 2 is 1.83 bits per heavy atom. The van der Waals surface area contributed by atoms with Gasteiger partial charge in [0.25, 0.3) is 0 Å². The second-order valence-electron chi connectivity index (χ2n) is 8.78. The molecule has 35 heavy (non-hydrogen) atoms. The first-order chi connectivity index (χ1) is 16.7. The Hall–Kier alpha value is -2.79. The van der Waals surface area contributed by atoms with Crippen molar-refractivity contribution in [1.29, 1.82) is 0 Å². The lowest BCUT2D eigenvalue weighted by atomic mass is 10.0. The predicted molar refractivity (Wildman–Crippen MR) is 135 cm³/mol. The van der Waals surface area contributed by atoms with Gasteiger partial charge in [-0.25, -0.2) is 13.1 Å². The number of β-amino-alcohol motifs (C(OH)–C–C–N with tert-alkyl or cyclic N) is 1. The zero-order chi connectivity index (χ0) is 25.4. The number of nitrogens with one attached hydrogen (secondary N) is 2. The number of likely N-dealkylation sites (tertiary alicyclic amines) is 1. The van der Waals surface area contributed by atoms with Crippen molar-refractivity contribution in [2.75, 3.05) is 37.8 Å². The molecule has 2 aromatic carbocycles. The van der Waals surface area contributed by atoms with E-state index in [1.807, 2.05) is 30.3 Å². The molecule has 2 amide bonds. The number of hydrogen-bond acceptors (Lipinski definition) is 6. The van der Waals surface area contributed by atoms with Gasteiger partial charge in [-0.3, -0.25) is 14.5 Å². The topological polar surface area (TPSA) is 119 Å². The van der Waals surface area contributed by atoms with Gasteiger partial charge < -0.3 is 15.3 Å². The van der Waals surface area contributed by atoms with Crippen molar-refractivity contribution in [3.8, 4) is 0 Å². The van der Waals surface area contributed by atoms with E-state index in [0.717, 1.165) is 17.7 Å². The number of sulfonamides is 1. The summed E-state index contributed by atoms with van der Waals surface area (Å²) in [5, 5.41) is 12.6. The Morgan fingerprint density at radius 3 is 2.43 bits per heavy atom. The molecule has 0 spiro atoms. The molecule has 10 heteroatoms. The molecule has 1 saturated heterocycles. The van der Waals surface area contributed by atoms with Crippen molar-refractivity contribution < 1.29 is 23.1 Å².